The van der Waals surface area contributed by atoms with Gasteiger partial charge in [-0.2, -0.15) is 0 Å². The second-order valence-corrected chi connectivity index (χ2v) is 4.79. The lowest BCUT2D eigenvalue weighted by atomic mass is 10.1. The second kappa shape index (κ2) is 6.34. The zero-order valence-corrected chi connectivity index (χ0v) is 10.5. The number of rotatable bonds is 3. The van der Waals surface area contributed by atoms with Crippen molar-refractivity contribution in [1.82, 2.24) is 5.32 Å². The van der Waals surface area contributed by atoms with Crippen LogP contribution in [0.2, 0.25) is 5.02 Å². The maximum Gasteiger partial charge on any atom is 0.129 e. The van der Waals surface area contributed by atoms with Crippen molar-refractivity contribution in [3.63, 3.8) is 0 Å². The summed E-state index contributed by atoms with van der Waals surface area (Å²) in [7, 11) is 0. The van der Waals surface area contributed by atoms with Crippen LogP contribution in [0, 0.1) is 5.82 Å². The van der Waals surface area contributed by atoms with E-state index in [0.29, 0.717) is 23.2 Å². The molecule has 2 nitrogen and oxygen atoms in total. The molecule has 1 aromatic rings. The maximum atomic E-state index is 13.5. The molecule has 2 rings (SSSR count). The highest BCUT2D eigenvalue weighted by Gasteiger charge is 2.12. The number of halogens is 2. The lowest BCUT2D eigenvalue weighted by molar-refractivity contribution is 0.142. The van der Waals surface area contributed by atoms with Crippen LogP contribution in [0.25, 0.3) is 0 Å². The third kappa shape index (κ3) is 3.95. The zero-order valence-electron chi connectivity index (χ0n) is 9.72. The van der Waals surface area contributed by atoms with Crippen LogP contribution < -0.4 is 5.32 Å². The van der Waals surface area contributed by atoms with Gasteiger partial charge in [-0.05, 0) is 31.4 Å². The Kier molecular flexibility index (Phi) is 4.77. The predicted molar refractivity (Wildman–Crippen MR) is 66.7 cm³/mol. The Morgan fingerprint density at radius 2 is 2.24 bits per heavy atom. The molecule has 1 aliphatic rings. The van der Waals surface area contributed by atoms with Crippen LogP contribution in [0.15, 0.2) is 18.2 Å². The number of hydrogen-bond acceptors (Lipinski definition) is 2. The number of benzene rings is 1. The number of ether oxygens (including phenoxy) is 1. The van der Waals surface area contributed by atoms with Gasteiger partial charge in [-0.25, -0.2) is 4.39 Å². The van der Waals surface area contributed by atoms with Crippen molar-refractivity contribution in [2.75, 3.05) is 13.2 Å². The molecule has 0 unspecified atom stereocenters. The smallest absolute Gasteiger partial charge is 0.129 e. The molecular weight excluding hydrogens is 241 g/mol. The second-order valence-electron chi connectivity index (χ2n) is 4.36. The van der Waals surface area contributed by atoms with Crippen molar-refractivity contribution < 1.29 is 9.13 Å². The summed E-state index contributed by atoms with van der Waals surface area (Å²) in [6, 6.07) is 5.23. The molecule has 1 N–H and O–H groups in total. The van der Waals surface area contributed by atoms with Gasteiger partial charge >= 0.3 is 0 Å². The molecule has 0 saturated carbocycles. The molecule has 0 bridgehead atoms. The van der Waals surface area contributed by atoms with Gasteiger partial charge in [-0.3, -0.25) is 0 Å². The summed E-state index contributed by atoms with van der Waals surface area (Å²) >= 11 is 5.71. The molecule has 1 fully saturated rings. The highest BCUT2D eigenvalue weighted by atomic mass is 35.5. The van der Waals surface area contributed by atoms with E-state index in [9.17, 15) is 4.39 Å². The SMILES string of the molecule is Fc1cc(Cl)ccc1CN[C@H]1CCCOCC1. The molecular formula is C13H17ClFNO. The summed E-state index contributed by atoms with van der Waals surface area (Å²) in [6.45, 7) is 2.18. The van der Waals surface area contributed by atoms with Crippen molar-refractivity contribution in [1.29, 1.82) is 0 Å². The first kappa shape index (κ1) is 12.8. The molecule has 1 aliphatic heterocycles. The molecule has 0 amide bonds. The maximum absolute atomic E-state index is 13.5. The highest BCUT2D eigenvalue weighted by molar-refractivity contribution is 6.30. The van der Waals surface area contributed by atoms with Gasteiger partial charge in [-0.15, -0.1) is 0 Å². The van der Waals surface area contributed by atoms with Crippen LogP contribution in [-0.4, -0.2) is 19.3 Å². The van der Waals surface area contributed by atoms with Crippen molar-refractivity contribution in [2.45, 2.75) is 31.8 Å². The summed E-state index contributed by atoms with van der Waals surface area (Å²) < 4.78 is 18.9. The molecule has 1 atom stereocenters. The number of hydrogen-bond donors (Lipinski definition) is 1. The zero-order chi connectivity index (χ0) is 12.1. The van der Waals surface area contributed by atoms with Crippen LogP contribution in [0.3, 0.4) is 0 Å². The van der Waals surface area contributed by atoms with Crippen molar-refractivity contribution in [3.05, 3.63) is 34.6 Å². The van der Waals surface area contributed by atoms with Crippen LogP contribution in [-0.2, 0) is 11.3 Å². The Morgan fingerprint density at radius 1 is 1.35 bits per heavy atom. The molecule has 4 heteroatoms. The Labute approximate surface area is 106 Å². The van der Waals surface area contributed by atoms with E-state index in [1.165, 1.54) is 6.07 Å². The minimum atomic E-state index is -0.241. The van der Waals surface area contributed by atoms with Gasteiger partial charge in [0, 0.05) is 36.4 Å². The van der Waals surface area contributed by atoms with E-state index in [2.05, 4.69) is 5.32 Å². The van der Waals surface area contributed by atoms with E-state index < -0.39 is 0 Å². The van der Waals surface area contributed by atoms with Crippen LogP contribution in [0.5, 0.6) is 0 Å². The Hall–Kier alpha value is -0.640. The summed E-state index contributed by atoms with van der Waals surface area (Å²) in [5, 5.41) is 3.81. The first-order chi connectivity index (χ1) is 8.25. The molecule has 94 valence electrons. The quantitative estimate of drug-likeness (QED) is 0.898. The lowest BCUT2D eigenvalue weighted by Crippen LogP contribution is -2.29. The molecule has 1 aromatic carbocycles. The topological polar surface area (TPSA) is 21.3 Å². The molecule has 1 saturated heterocycles. The van der Waals surface area contributed by atoms with E-state index in [1.54, 1.807) is 12.1 Å². The predicted octanol–water partition coefficient (Wildman–Crippen LogP) is 3.14. The van der Waals surface area contributed by atoms with E-state index in [1.807, 2.05) is 0 Å². The lowest BCUT2D eigenvalue weighted by Gasteiger charge is -2.15. The van der Waals surface area contributed by atoms with E-state index in [4.69, 9.17) is 16.3 Å². The van der Waals surface area contributed by atoms with Gasteiger partial charge in [0.1, 0.15) is 5.82 Å². The molecule has 0 aromatic heterocycles. The van der Waals surface area contributed by atoms with Gasteiger partial charge in [0.2, 0.25) is 0 Å². The minimum Gasteiger partial charge on any atom is -0.381 e. The third-order valence-electron chi connectivity index (χ3n) is 3.05. The van der Waals surface area contributed by atoms with Gasteiger partial charge in [0.15, 0.2) is 0 Å². The van der Waals surface area contributed by atoms with Gasteiger partial charge < -0.3 is 10.1 Å². The monoisotopic (exact) mass is 257 g/mol. The summed E-state index contributed by atoms with van der Waals surface area (Å²) in [6.07, 6.45) is 3.16. The van der Waals surface area contributed by atoms with Crippen molar-refractivity contribution in [2.24, 2.45) is 0 Å². The van der Waals surface area contributed by atoms with Gasteiger partial charge in [-0.1, -0.05) is 17.7 Å². The minimum absolute atomic E-state index is 0.241. The highest BCUT2D eigenvalue weighted by Crippen LogP contribution is 2.15. The average Bonchev–Trinajstić information content (AvgIpc) is 2.56. The standard InChI is InChI=1S/C13H17ClFNO/c14-11-4-3-10(13(15)8-11)9-16-12-2-1-6-17-7-5-12/h3-4,8,12,16H,1-2,5-7,9H2/t12-/m0/s1. The average molecular weight is 258 g/mol. The fourth-order valence-corrected chi connectivity index (χ4v) is 2.19. The molecule has 0 spiro atoms. The molecule has 1 heterocycles. The summed E-state index contributed by atoms with van der Waals surface area (Å²) in [5.74, 6) is -0.241. The largest absolute Gasteiger partial charge is 0.381 e. The van der Waals surface area contributed by atoms with Crippen LogP contribution in [0.4, 0.5) is 4.39 Å². The fourth-order valence-electron chi connectivity index (χ4n) is 2.03. The van der Waals surface area contributed by atoms with Gasteiger partial charge in [0.05, 0.1) is 0 Å². The molecule has 0 aliphatic carbocycles. The summed E-state index contributed by atoms with van der Waals surface area (Å²) in [4.78, 5) is 0. The summed E-state index contributed by atoms with van der Waals surface area (Å²) in [5.41, 5.74) is 0.666. The van der Waals surface area contributed by atoms with E-state index >= 15 is 0 Å². The van der Waals surface area contributed by atoms with E-state index in [-0.39, 0.29) is 5.82 Å². The van der Waals surface area contributed by atoms with Crippen LogP contribution >= 0.6 is 11.6 Å². The number of nitrogens with one attached hydrogen (secondary N) is 1. The van der Waals surface area contributed by atoms with Crippen LogP contribution in [0.1, 0.15) is 24.8 Å². The molecule has 17 heavy (non-hydrogen) atoms. The van der Waals surface area contributed by atoms with Gasteiger partial charge in [0.25, 0.3) is 0 Å². The Balaban J connectivity index is 1.88. The van der Waals surface area contributed by atoms with Crippen molar-refractivity contribution >= 4 is 11.6 Å². The first-order valence-corrected chi connectivity index (χ1v) is 6.38. The first-order valence-electron chi connectivity index (χ1n) is 6.01. The Morgan fingerprint density at radius 3 is 3.06 bits per heavy atom. The molecule has 0 radical (unpaired) electrons. The normalized spacial score (nSPS) is 21.2. The fraction of sp³-hybridized carbons (Fsp3) is 0.538. The van der Waals surface area contributed by atoms with Crippen molar-refractivity contribution in [3.8, 4) is 0 Å². The van der Waals surface area contributed by atoms with E-state index in [0.717, 1.165) is 32.5 Å². The third-order valence-corrected chi connectivity index (χ3v) is 3.28. The Bertz CT molecular complexity index is 364.